The maximum absolute atomic E-state index is 13.7. The number of methoxy groups -OCH3 is 1. The molecule has 1 fully saturated rings. The van der Waals surface area contributed by atoms with E-state index in [1.165, 1.54) is 13.4 Å². The lowest BCUT2D eigenvalue weighted by atomic mass is 9.92. The summed E-state index contributed by atoms with van der Waals surface area (Å²) in [6, 6.07) is 7.41. The van der Waals surface area contributed by atoms with Crippen LogP contribution in [0.1, 0.15) is 68.1 Å². The first-order chi connectivity index (χ1) is 21.0. The van der Waals surface area contributed by atoms with Crippen LogP contribution < -0.4 is 15.0 Å². The minimum absolute atomic E-state index is 0.379. The van der Waals surface area contributed by atoms with Crippen molar-refractivity contribution in [3.8, 4) is 5.75 Å². The van der Waals surface area contributed by atoms with Crippen molar-refractivity contribution in [1.29, 1.82) is 0 Å². The van der Waals surface area contributed by atoms with Crippen molar-refractivity contribution in [3.63, 3.8) is 0 Å². The van der Waals surface area contributed by atoms with Gasteiger partial charge in [-0.15, -0.1) is 0 Å². The van der Waals surface area contributed by atoms with Gasteiger partial charge < -0.3 is 19.7 Å². The molecular weight excluding hydrogens is 578 g/mol. The summed E-state index contributed by atoms with van der Waals surface area (Å²) in [7, 11) is 0.0410. The summed E-state index contributed by atoms with van der Waals surface area (Å²) in [5.74, 6) is 2.99. The fraction of sp³-hybridized carbons (Fsp3) is 0.469. The molecule has 0 saturated carbocycles. The second-order valence-electron chi connectivity index (χ2n) is 12.2. The normalized spacial score (nSPS) is 14.9. The molecule has 3 aromatic heterocycles. The number of esters is 1. The molecule has 1 aromatic carbocycles. The summed E-state index contributed by atoms with van der Waals surface area (Å²) < 4.78 is 24.3. The topological polar surface area (TPSA) is 135 Å². The van der Waals surface area contributed by atoms with Gasteiger partial charge in [-0.05, 0) is 84.4 Å². The first-order valence-electron chi connectivity index (χ1n) is 15.0. The summed E-state index contributed by atoms with van der Waals surface area (Å²) in [6.45, 7) is 12.2. The van der Waals surface area contributed by atoms with Crippen molar-refractivity contribution in [3.05, 3.63) is 53.6 Å². The molecule has 1 atom stereocenters. The zero-order valence-corrected chi connectivity index (χ0v) is 27.1. The van der Waals surface area contributed by atoms with E-state index in [-0.39, 0.29) is 5.97 Å². The van der Waals surface area contributed by atoms with Gasteiger partial charge in [-0.25, -0.2) is 19.7 Å². The quantitative estimate of drug-likeness (QED) is 0.164. The number of hydrogen-bond acceptors (Lipinski definition) is 10. The Morgan fingerprint density at radius 2 is 1.89 bits per heavy atom. The molecule has 5 rings (SSSR count). The van der Waals surface area contributed by atoms with Gasteiger partial charge in [0.05, 0.1) is 40.5 Å². The third-order valence-electron chi connectivity index (χ3n) is 8.07. The van der Waals surface area contributed by atoms with Gasteiger partial charge in [0.1, 0.15) is 23.7 Å². The highest BCUT2D eigenvalue weighted by molar-refractivity contribution is 7.86. The van der Waals surface area contributed by atoms with Gasteiger partial charge in [0.25, 0.3) is 0 Å². The van der Waals surface area contributed by atoms with Crippen LogP contribution in [0.4, 0.5) is 17.5 Å². The third kappa shape index (κ3) is 7.01. The molecule has 1 unspecified atom stereocenters. The van der Waals surface area contributed by atoms with E-state index >= 15 is 0 Å². The molecule has 234 valence electrons. The SMILES string of the molecule is COC(=O)c1ccc(N2CCC(CCCOc3cc4ncnc(Nc5n[nH]c(C)c5C)c4cc3S(=O)C(C)(C)C)CC2)nc1. The third-order valence-corrected chi connectivity index (χ3v) is 9.90. The Morgan fingerprint density at radius 1 is 1.11 bits per heavy atom. The fourth-order valence-electron chi connectivity index (χ4n) is 5.29. The van der Waals surface area contributed by atoms with Crippen molar-refractivity contribution < 1.29 is 18.5 Å². The lowest BCUT2D eigenvalue weighted by Crippen LogP contribution is -2.34. The molecule has 0 amide bonds. The van der Waals surface area contributed by atoms with E-state index in [4.69, 9.17) is 9.47 Å². The Bertz CT molecular complexity index is 1640. The summed E-state index contributed by atoms with van der Waals surface area (Å²) >= 11 is 0. The average Bonchev–Trinajstić information content (AvgIpc) is 3.34. The number of carbonyl (C=O) groups is 1. The van der Waals surface area contributed by atoms with Gasteiger partial charge in [-0.1, -0.05) is 0 Å². The zero-order valence-electron chi connectivity index (χ0n) is 26.3. The maximum atomic E-state index is 13.7. The van der Waals surface area contributed by atoms with Crippen LogP contribution in [-0.2, 0) is 15.5 Å². The van der Waals surface area contributed by atoms with Gasteiger partial charge in [-0.3, -0.25) is 9.31 Å². The second-order valence-corrected chi connectivity index (χ2v) is 14.4. The first-order valence-corrected chi connectivity index (χ1v) is 16.1. The van der Waals surface area contributed by atoms with Gasteiger partial charge in [-0.2, -0.15) is 5.10 Å². The van der Waals surface area contributed by atoms with Crippen LogP contribution in [0.25, 0.3) is 10.9 Å². The van der Waals surface area contributed by atoms with Gasteiger partial charge in [0.2, 0.25) is 0 Å². The first kappa shape index (κ1) is 31.4. The molecule has 0 aliphatic carbocycles. The standard InChI is InChI=1S/C32H41N7O4S/c1-20-21(2)37-38-29(20)36-30-24-16-27(44(41)32(3,4)5)26(17-25(24)34-19-35-30)43-15-7-8-22-11-13-39(14-12-22)28-10-9-23(18-33-28)31(40)42-6/h9-10,16-19,22H,7-8,11-15H2,1-6H3,(H2,34,35,36,37,38). The molecule has 4 aromatic rings. The highest BCUT2D eigenvalue weighted by Gasteiger charge is 2.26. The van der Waals surface area contributed by atoms with Crippen molar-refractivity contribution in [1.82, 2.24) is 25.1 Å². The van der Waals surface area contributed by atoms with Gasteiger partial charge >= 0.3 is 5.97 Å². The van der Waals surface area contributed by atoms with Crippen LogP contribution in [0.5, 0.6) is 5.75 Å². The predicted octanol–water partition coefficient (Wildman–Crippen LogP) is 5.88. The molecule has 0 radical (unpaired) electrons. The molecule has 11 nitrogen and oxygen atoms in total. The number of aromatic amines is 1. The van der Waals surface area contributed by atoms with E-state index in [1.54, 1.807) is 12.3 Å². The molecule has 12 heteroatoms. The number of carbonyl (C=O) groups excluding carboxylic acids is 1. The monoisotopic (exact) mass is 619 g/mol. The minimum Gasteiger partial charge on any atom is -0.492 e. The number of fused-ring (bicyclic) bond motifs is 1. The van der Waals surface area contributed by atoms with Crippen LogP contribution in [-0.4, -0.2) is 66.9 Å². The Hall–Kier alpha value is -4.06. The Balaban J connectivity index is 1.23. The van der Waals surface area contributed by atoms with E-state index in [0.29, 0.717) is 45.9 Å². The molecular formula is C32H41N7O4S. The number of benzene rings is 1. The summed E-state index contributed by atoms with van der Waals surface area (Å²) in [5, 5.41) is 11.4. The highest BCUT2D eigenvalue weighted by atomic mass is 32.2. The van der Waals surface area contributed by atoms with Crippen LogP contribution in [0.2, 0.25) is 0 Å². The van der Waals surface area contributed by atoms with E-state index < -0.39 is 15.5 Å². The summed E-state index contributed by atoms with van der Waals surface area (Å²) in [5.41, 5.74) is 3.14. The number of nitrogens with zero attached hydrogens (tertiary/aromatic N) is 5. The van der Waals surface area contributed by atoms with E-state index in [9.17, 15) is 9.00 Å². The van der Waals surface area contributed by atoms with Crippen molar-refractivity contribution in [2.24, 2.45) is 5.92 Å². The highest BCUT2D eigenvalue weighted by Crippen LogP contribution is 2.35. The number of H-pyrrole nitrogens is 1. The molecule has 1 aliphatic rings. The van der Waals surface area contributed by atoms with Crippen molar-refractivity contribution >= 4 is 45.1 Å². The number of nitrogens with one attached hydrogen (secondary N) is 2. The van der Waals surface area contributed by atoms with Crippen LogP contribution in [0.3, 0.4) is 0 Å². The number of anilines is 3. The van der Waals surface area contributed by atoms with Crippen LogP contribution in [0, 0.1) is 19.8 Å². The van der Waals surface area contributed by atoms with E-state index in [0.717, 1.165) is 61.2 Å². The largest absolute Gasteiger partial charge is 0.492 e. The van der Waals surface area contributed by atoms with Crippen molar-refractivity contribution in [2.45, 2.75) is 69.9 Å². The molecule has 0 bridgehead atoms. The zero-order chi connectivity index (χ0) is 31.4. The number of ether oxygens (including phenoxy) is 2. The molecule has 2 N–H and O–H groups in total. The predicted molar refractivity (Wildman–Crippen MR) is 172 cm³/mol. The Labute approximate surface area is 260 Å². The number of aryl methyl sites for hydroxylation is 1. The van der Waals surface area contributed by atoms with E-state index in [1.807, 2.05) is 52.8 Å². The number of pyridine rings is 1. The summed E-state index contributed by atoms with van der Waals surface area (Å²) in [4.78, 5) is 28.0. The van der Waals surface area contributed by atoms with Gasteiger partial charge in [0, 0.05) is 46.7 Å². The van der Waals surface area contributed by atoms with Crippen molar-refractivity contribution in [2.75, 3.05) is 37.0 Å². The minimum atomic E-state index is -1.33. The number of rotatable bonds is 10. The summed E-state index contributed by atoms with van der Waals surface area (Å²) in [6.07, 6.45) is 7.16. The average molecular weight is 620 g/mol. The number of piperidine rings is 1. The Morgan fingerprint density at radius 3 is 2.52 bits per heavy atom. The van der Waals surface area contributed by atoms with Crippen LogP contribution >= 0.6 is 0 Å². The second kappa shape index (κ2) is 13.3. The molecule has 1 aliphatic heterocycles. The lowest BCUT2D eigenvalue weighted by molar-refractivity contribution is 0.0600. The smallest absolute Gasteiger partial charge is 0.339 e. The molecule has 4 heterocycles. The molecule has 1 saturated heterocycles. The lowest BCUT2D eigenvalue weighted by Gasteiger charge is -2.32. The Kier molecular flexibility index (Phi) is 9.48. The molecule has 0 spiro atoms. The fourth-order valence-corrected chi connectivity index (χ4v) is 6.47. The number of hydrogen-bond donors (Lipinski definition) is 2. The van der Waals surface area contributed by atoms with Crippen LogP contribution in [0.15, 0.2) is 41.7 Å². The molecule has 44 heavy (non-hydrogen) atoms. The maximum Gasteiger partial charge on any atom is 0.339 e. The number of aromatic nitrogens is 5. The van der Waals surface area contributed by atoms with E-state index in [2.05, 4.69) is 35.4 Å². The van der Waals surface area contributed by atoms with Gasteiger partial charge in [0.15, 0.2) is 5.82 Å².